The lowest BCUT2D eigenvalue weighted by molar-refractivity contribution is 0.0754. The second-order valence-corrected chi connectivity index (χ2v) is 5.32. The van der Waals surface area contributed by atoms with E-state index in [2.05, 4.69) is 18.8 Å². The van der Waals surface area contributed by atoms with Gasteiger partial charge in [0.05, 0.1) is 5.69 Å². The number of fused-ring (bicyclic) bond motifs is 1. The van der Waals surface area contributed by atoms with Gasteiger partial charge in [0.1, 0.15) is 11.3 Å². The maximum atomic E-state index is 12.9. The number of carbonyl (C=O) groups is 1. The van der Waals surface area contributed by atoms with Gasteiger partial charge in [-0.25, -0.2) is 4.98 Å². The number of hydrogen-bond donors (Lipinski definition) is 0. The molecule has 0 saturated carbocycles. The van der Waals surface area contributed by atoms with Crippen molar-refractivity contribution in [2.75, 3.05) is 13.1 Å². The summed E-state index contributed by atoms with van der Waals surface area (Å²) >= 11 is 0. The summed E-state index contributed by atoms with van der Waals surface area (Å²) in [5.41, 5.74) is 2.52. The molecule has 0 N–H and O–H groups in total. The molecule has 0 atom stereocenters. The van der Waals surface area contributed by atoms with Crippen LogP contribution in [0.25, 0.3) is 5.65 Å². The summed E-state index contributed by atoms with van der Waals surface area (Å²) in [4.78, 5) is 19.5. The van der Waals surface area contributed by atoms with Crippen molar-refractivity contribution in [3.63, 3.8) is 0 Å². The molecule has 0 bridgehead atoms. The number of aromatic nitrogens is 2. The fourth-order valence-electron chi connectivity index (χ4n) is 2.58. The van der Waals surface area contributed by atoms with Crippen LogP contribution < -0.4 is 0 Å². The van der Waals surface area contributed by atoms with E-state index in [1.54, 1.807) is 0 Å². The van der Waals surface area contributed by atoms with Crippen LogP contribution in [-0.2, 0) is 6.42 Å². The van der Waals surface area contributed by atoms with E-state index in [1.807, 2.05) is 40.6 Å². The van der Waals surface area contributed by atoms with Gasteiger partial charge in [-0.2, -0.15) is 0 Å². The first-order chi connectivity index (χ1) is 10.2. The Balaban J connectivity index is 2.42. The number of pyridine rings is 1. The highest BCUT2D eigenvalue weighted by molar-refractivity contribution is 5.94. The van der Waals surface area contributed by atoms with Crippen molar-refractivity contribution in [1.29, 1.82) is 0 Å². The second kappa shape index (κ2) is 7.25. The molecule has 1 amide bonds. The lowest BCUT2D eigenvalue weighted by atomic mass is 10.2. The maximum absolute atomic E-state index is 12.9. The van der Waals surface area contributed by atoms with Gasteiger partial charge >= 0.3 is 0 Å². The Morgan fingerprint density at radius 1 is 1.24 bits per heavy atom. The van der Waals surface area contributed by atoms with Crippen LogP contribution in [0.1, 0.15) is 56.2 Å². The van der Waals surface area contributed by atoms with Crippen LogP contribution in [0.3, 0.4) is 0 Å². The predicted molar refractivity (Wildman–Crippen MR) is 85.7 cm³/mol. The molecule has 21 heavy (non-hydrogen) atoms. The normalized spacial score (nSPS) is 11.0. The van der Waals surface area contributed by atoms with Gasteiger partial charge in [-0.1, -0.05) is 32.8 Å². The van der Waals surface area contributed by atoms with Gasteiger partial charge in [0, 0.05) is 19.3 Å². The van der Waals surface area contributed by atoms with Gasteiger partial charge in [-0.3, -0.25) is 9.20 Å². The van der Waals surface area contributed by atoms with Crippen LogP contribution >= 0.6 is 0 Å². The highest BCUT2D eigenvalue weighted by Gasteiger charge is 2.22. The highest BCUT2D eigenvalue weighted by atomic mass is 16.2. The molecule has 4 nitrogen and oxygen atoms in total. The quantitative estimate of drug-likeness (QED) is 0.781. The molecule has 2 rings (SSSR count). The number of nitrogens with zero attached hydrogens (tertiary/aromatic N) is 3. The number of rotatable bonds is 7. The van der Waals surface area contributed by atoms with Gasteiger partial charge in [0.2, 0.25) is 0 Å². The van der Waals surface area contributed by atoms with Crippen LogP contribution in [0.2, 0.25) is 0 Å². The Labute approximate surface area is 126 Å². The maximum Gasteiger partial charge on any atom is 0.272 e. The molecule has 0 aliphatic carbocycles. The van der Waals surface area contributed by atoms with Crippen LogP contribution in [-0.4, -0.2) is 33.3 Å². The van der Waals surface area contributed by atoms with Crippen molar-refractivity contribution in [3.05, 3.63) is 35.8 Å². The minimum atomic E-state index is 0.105. The first kappa shape index (κ1) is 15.5. The fourth-order valence-corrected chi connectivity index (χ4v) is 2.58. The van der Waals surface area contributed by atoms with E-state index in [0.29, 0.717) is 0 Å². The lowest BCUT2D eigenvalue weighted by Crippen LogP contribution is -2.33. The summed E-state index contributed by atoms with van der Waals surface area (Å²) in [5.74, 6) is 0.105. The first-order valence-electron chi connectivity index (χ1n) is 7.98. The zero-order chi connectivity index (χ0) is 15.2. The highest BCUT2D eigenvalue weighted by Crippen LogP contribution is 2.17. The van der Waals surface area contributed by atoms with E-state index in [1.165, 1.54) is 0 Å². The van der Waals surface area contributed by atoms with Crippen molar-refractivity contribution >= 4 is 11.6 Å². The molecule has 0 aliphatic rings. The predicted octanol–water partition coefficient (Wildman–Crippen LogP) is 3.55. The molecule has 0 fully saturated rings. The lowest BCUT2D eigenvalue weighted by Gasteiger charge is -2.21. The van der Waals surface area contributed by atoms with Crippen molar-refractivity contribution in [3.8, 4) is 0 Å². The second-order valence-electron chi connectivity index (χ2n) is 5.32. The Kier molecular flexibility index (Phi) is 5.37. The van der Waals surface area contributed by atoms with Crippen LogP contribution in [0, 0.1) is 0 Å². The zero-order valence-electron chi connectivity index (χ0n) is 13.3. The van der Waals surface area contributed by atoms with Crippen molar-refractivity contribution in [1.82, 2.24) is 14.3 Å². The van der Waals surface area contributed by atoms with Crippen molar-refractivity contribution in [2.45, 2.75) is 46.5 Å². The molecule has 2 aromatic heterocycles. The molecule has 0 unspecified atom stereocenters. The van der Waals surface area contributed by atoms with Crippen LogP contribution in [0.15, 0.2) is 24.4 Å². The summed E-state index contributed by atoms with van der Waals surface area (Å²) in [6, 6.07) is 5.86. The topological polar surface area (TPSA) is 37.6 Å². The Morgan fingerprint density at radius 3 is 2.71 bits per heavy atom. The largest absolute Gasteiger partial charge is 0.338 e. The molecule has 0 radical (unpaired) electrons. The molecule has 0 saturated heterocycles. The Bertz CT molecular complexity index is 603. The van der Waals surface area contributed by atoms with Gasteiger partial charge < -0.3 is 4.90 Å². The van der Waals surface area contributed by atoms with E-state index in [4.69, 9.17) is 0 Å². The fraction of sp³-hybridized carbons (Fsp3) is 0.529. The summed E-state index contributed by atoms with van der Waals surface area (Å²) in [6.45, 7) is 7.86. The summed E-state index contributed by atoms with van der Waals surface area (Å²) in [7, 11) is 0. The summed E-state index contributed by atoms with van der Waals surface area (Å²) in [6.07, 6.45) is 5.90. The van der Waals surface area contributed by atoms with E-state index >= 15 is 0 Å². The molecule has 114 valence electrons. The average Bonchev–Trinajstić information content (AvgIpc) is 2.86. The third kappa shape index (κ3) is 3.26. The van der Waals surface area contributed by atoms with E-state index in [9.17, 15) is 4.79 Å². The van der Waals surface area contributed by atoms with Gasteiger partial charge in [-0.15, -0.1) is 0 Å². The molecule has 0 spiro atoms. The first-order valence-corrected chi connectivity index (χ1v) is 7.98. The number of hydrogen-bond acceptors (Lipinski definition) is 2. The van der Waals surface area contributed by atoms with Crippen LogP contribution in [0.5, 0.6) is 0 Å². The van der Waals surface area contributed by atoms with E-state index in [-0.39, 0.29) is 5.91 Å². The average molecular weight is 287 g/mol. The van der Waals surface area contributed by atoms with Crippen molar-refractivity contribution in [2.24, 2.45) is 0 Å². The molecular weight excluding hydrogens is 262 g/mol. The third-order valence-corrected chi connectivity index (χ3v) is 3.74. The minimum absolute atomic E-state index is 0.105. The van der Waals surface area contributed by atoms with E-state index < -0.39 is 0 Å². The SMILES string of the molecule is CCCCN(CC)C(=O)c1c(CCC)nc2ccccn12. The summed E-state index contributed by atoms with van der Waals surface area (Å²) in [5, 5.41) is 0. The van der Waals surface area contributed by atoms with Crippen molar-refractivity contribution < 1.29 is 4.79 Å². The van der Waals surface area contributed by atoms with Crippen LogP contribution in [0.4, 0.5) is 0 Å². The zero-order valence-corrected chi connectivity index (χ0v) is 13.3. The Hall–Kier alpha value is -1.84. The minimum Gasteiger partial charge on any atom is -0.338 e. The number of unbranched alkanes of at least 4 members (excludes halogenated alkanes) is 1. The molecule has 4 heteroatoms. The molecule has 0 aliphatic heterocycles. The van der Waals surface area contributed by atoms with Gasteiger partial charge in [-0.05, 0) is 31.9 Å². The standard InChI is InChI=1S/C17H25N3O/c1-4-7-12-19(6-3)17(21)16-14(10-5-2)18-15-11-8-9-13-20(15)16/h8-9,11,13H,4-7,10,12H2,1-3H3. The molecular formula is C17H25N3O. The number of aryl methyl sites for hydroxylation is 1. The smallest absolute Gasteiger partial charge is 0.272 e. The number of imidazole rings is 1. The molecule has 0 aromatic carbocycles. The molecule has 2 heterocycles. The number of carbonyl (C=O) groups excluding carboxylic acids is 1. The van der Waals surface area contributed by atoms with E-state index in [0.717, 1.165) is 55.8 Å². The number of amides is 1. The summed E-state index contributed by atoms with van der Waals surface area (Å²) < 4.78 is 1.93. The monoisotopic (exact) mass is 287 g/mol. The molecule has 2 aromatic rings. The van der Waals surface area contributed by atoms with Gasteiger partial charge in [0.25, 0.3) is 5.91 Å². The Morgan fingerprint density at radius 2 is 2.05 bits per heavy atom. The van der Waals surface area contributed by atoms with Gasteiger partial charge in [0.15, 0.2) is 0 Å². The third-order valence-electron chi connectivity index (χ3n) is 3.74.